The molecule has 0 aliphatic heterocycles. The number of hydrogen-bond acceptors (Lipinski definition) is 4. The van der Waals surface area contributed by atoms with Gasteiger partial charge in [0, 0.05) is 0 Å². The van der Waals surface area contributed by atoms with Crippen LogP contribution < -0.4 is 0 Å². The number of carboxylic acids is 1. The van der Waals surface area contributed by atoms with Gasteiger partial charge in [0.05, 0.1) is 7.05 Å². The zero-order valence-electron chi connectivity index (χ0n) is 8.09. The molecule has 1 N–H and O–H groups in total. The van der Waals surface area contributed by atoms with Crippen LogP contribution in [0.1, 0.15) is 24.3 Å². The van der Waals surface area contributed by atoms with Crippen molar-refractivity contribution in [3.63, 3.8) is 0 Å². The predicted octanol–water partition coefficient (Wildman–Crippen LogP) is 1.05. The zero-order valence-corrected chi connectivity index (χ0v) is 8.09. The van der Waals surface area contributed by atoms with Crippen molar-refractivity contribution in [3.8, 4) is 0 Å². The number of rotatable bonds is 2. The van der Waals surface area contributed by atoms with Crippen molar-refractivity contribution in [1.82, 2.24) is 9.55 Å². The van der Waals surface area contributed by atoms with Crippen molar-refractivity contribution in [1.29, 1.82) is 0 Å². The molecule has 0 unspecified atom stereocenters. The van der Waals surface area contributed by atoms with E-state index in [-0.39, 0.29) is 5.69 Å². The monoisotopic (exact) mass is 201 g/mol. The Balaban J connectivity index is 0.000000791. The third-order valence-electron chi connectivity index (χ3n) is 1.35. The molecule has 1 heterocycles. The highest BCUT2D eigenvalue weighted by molar-refractivity contribution is 5.85. The summed E-state index contributed by atoms with van der Waals surface area (Å²) in [6.07, 6.45) is 0.945. The average Bonchev–Trinajstić information content (AvgIpc) is 2.50. The normalized spacial score (nSPS) is 8.79. The molecular formula is C7H11N3O4. The summed E-state index contributed by atoms with van der Waals surface area (Å²) >= 11 is 0. The van der Waals surface area contributed by atoms with E-state index in [0.717, 1.165) is 10.8 Å². The van der Waals surface area contributed by atoms with Gasteiger partial charge in [0.1, 0.15) is 0 Å². The standard InChI is InChI=1S/C5H5N3O4.C2H6/c1-7-3(4(9)10)2-6-5(7)8(11)12;1-2/h2H,1H3,(H,9,10);1-2H3. The molecule has 0 bridgehead atoms. The first kappa shape index (κ1) is 12.1. The molecule has 0 saturated carbocycles. The van der Waals surface area contributed by atoms with E-state index < -0.39 is 16.8 Å². The van der Waals surface area contributed by atoms with Crippen LogP contribution in [0.3, 0.4) is 0 Å². The van der Waals surface area contributed by atoms with Gasteiger partial charge < -0.3 is 15.2 Å². The molecule has 0 aromatic carbocycles. The van der Waals surface area contributed by atoms with Crippen LogP contribution in [0.15, 0.2) is 6.20 Å². The van der Waals surface area contributed by atoms with E-state index in [0.29, 0.717) is 0 Å². The van der Waals surface area contributed by atoms with Crippen molar-refractivity contribution in [3.05, 3.63) is 22.0 Å². The van der Waals surface area contributed by atoms with Crippen molar-refractivity contribution in [2.45, 2.75) is 13.8 Å². The summed E-state index contributed by atoms with van der Waals surface area (Å²) < 4.78 is 0.905. The number of carbonyl (C=O) groups is 1. The summed E-state index contributed by atoms with van der Waals surface area (Å²) in [7, 11) is 1.27. The third-order valence-corrected chi connectivity index (χ3v) is 1.35. The molecule has 78 valence electrons. The van der Waals surface area contributed by atoms with Crippen LogP contribution in [0.4, 0.5) is 5.95 Å². The Morgan fingerprint density at radius 1 is 1.64 bits per heavy atom. The lowest BCUT2D eigenvalue weighted by atomic mass is 10.5. The smallest absolute Gasteiger partial charge is 0.435 e. The number of hydrogen-bond donors (Lipinski definition) is 1. The van der Waals surface area contributed by atoms with Gasteiger partial charge >= 0.3 is 11.9 Å². The molecule has 0 atom stereocenters. The maximum atomic E-state index is 10.4. The summed E-state index contributed by atoms with van der Waals surface area (Å²) in [4.78, 5) is 23.1. The lowest BCUT2D eigenvalue weighted by Crippen LogP contribution is -2.06. The van der Waals surface area contributed by atoms with Crippen LogP contribution >= 0.6 is 0 Å². The first-order valence-electron chi connectivity index (χ1n) is 3.93. The molecule has 0 saturated heterocycles. The van der Waals surface area contributed by atoms with Gasteiger partial charge in [-0.05, 0) is 4.92 Å². The lowest BCUT2D eigenvalue weighted by Gasteiger charge is -1.94. The predicted molar refractivity (Wildman–Crippen MR) is 48.2 cm³/mol. The number of nitrogens with zero attached hydrogens (tertiary/aromatic N) is 3. The van der Waals surface area contributed by atoms with Gasteiger partial charge in [-0.25, -0.2) is 9.36 Å². The van der Waals surface area contributed by atoms with Crippen LogP contribution in [0.2, 0.25) is 0 Å². The first-order chi connectivity index (χ1) is 6.54. The van der Waals surface area contributed by atoms with Crippen molar-refractivity contribution in [2.24, 2.45) is 7.05 Å². The molecule has 1 aromatic rings. The third kappa shape index (κ3) is 2.28. The average molecular weight is 201 g/mol. The van der Waals surface area contributed by atoms with E-state index in [9.17, 15) is 14.9 Å². The number of aromatic carboxylic acids is 1. The molecule has 0 fully saturated rings. The van der Waals surface area contributed by atoms with Gasteiger partial charge in [-0.2, -0.15) is 0 Å². The Kier molecular flexibility index (Phi) is 4.27. The van der Waals surface area contributed by atoms with Crippen LogP contribution in [-0.2, 0) is 7.05 Å². The van der Waals surface area contributed by atoms with Gasteiger partial charge in [0.2, 0.25) is 5.69 Å². The quantitative estimate of drug-likeness (QED) is 0.569. The summed E-state index contributed by atoms with van der Waals surface area (Å²) in [6, 6.07) is 0. The van der Waals surface area contributed by atoms with E-state index in [2.05, 4.69) is 4.98 Å². The Morgan fingerprint density at radius 3 is 2.36 bits per heavy atom. The number of nitro groups is 1. The second kappa shape index (κ2) is 4.95. The van der Waals surface area contributed by atoms with Gasteiger partial charge in [-0.1, -0.05) is 18.8 Å². The number of imidazole rings is 1. The van der Waals surface area contributed by atoms with E-state index in [1.807, 2.05) is 13.8 Å². The van der Waals surface area contributed by atoms with Crippen LogP contribution in [0.25, 0.3) is 0 Å². The topological polar surface area (TPSA) is 98.3 Å². The second-order valence-corrected chi connectivity index (χ2v) is 2.06. The molecule has 0 spiro atoms. The fourth-order valence-electron chi connectivity index (χ4n) is 0.768. The van der Waals surface area contributed by atoms with E-state index in [4.69, 9.17) is 5.11 Å². The largest absolute Gasteiger partial charge is 0.475 e. The lowest BCUT2D eigenvalue weighted by molar-refractivity contribution is -0.396. The summed E-state index contributed by atoms with van der Waals surface area (Å²) in [5.41, 5.74) is -0.207. The molecule has 7 heteroatoms. The van der Waals surface area contributed by atoms with Gasteiger partial charge in [-0.15, -0.1) is 0 Å². The van der Waals surface area contributed by atoms with E-state index in [1.54, 1.807) is 0 Å². The second-order valence-electron chi connectivity index (χ2n) is 2.06. The minimum absolute atomic E-state index is 0.207. The molecule has 0 radical (unpaired) electrons. The molecule has 0 amide bonds. The van der Waals surface area contributed by atoms with Crippen molar-refractivity contribution in [2.75, 3.05) is 0 Å². The van der Waals surface area contributed by atoms with Crippen molar-refractivity contribution < 1.29 is 14.8 Å². The van der Waals surface area contributed by atoms with Crippen molar-refractivity contribution >= 4 is 11.9 Å². The maximum absolute atomic E-state index is 10.4. The zero-order chi connectivity index (χ0) is 11.3. The highest BCUT2D eigenvalue weighted by atomic mass is 16.6. The Morgan fingerprint density at radius 2 is 2.14 bits per heavy atom. The minimum atomic E-state index is -1.24. The summed E-state index contributed by atoms with van der Waals surface area (Å²) in [5, 5.41) is 18.7. The Labute approximate surface area is 80.1 Å². The summed E-state index contributed by atoms with van der Waals surface area (Å²) in [5.74, 6) is -1.72. The molecule has 1 rings (SSSR count). The molecular weight excluding hydrogens is 190 g/mol. The van der Waals surface area contributed by atoms with Gasteiger partial charge in [-0.3, -0.25) is 0 Å². The molecule has 14 heavy (non-hydrogen) atoms. The van der Waals surface area contributed by atoms with Gasteiger partial charge in [0.25, 0.3) is 0 Å². The van der Waals surface area contributed by atoms with Gasteiger partial charge in [0.15, 0.2) is 6.20 Å². The number of aromatic nitrogens is 2. The summed E-state index contributed by atoms with van der Waals surface area (Å²) in [6.45, 7) is 4.00. The molecule has 0 aliphatic carbocycles. The minimum Gasteiger partial charge on any atom is -0.475 e. The maximum Gasteiger partial charge on any atom is 0.435 e. The molecule has 0 aliphatic rings. The molecule has 7 nitrogen and oxygen atoms in total. The first-order valence-corrected chi connectivity index (χ1v) is 3.93. The number of carboxylic acid groups (broad SMARTS) is 1. The SMILES string of the molecule is CC.Cn1c(C(=O)O)cnc1[N+](=O)[O-]. The highest BCUT2D eigenvalue weighted by Gasteiger charge is 2.21. The fourth-order valence-corrected chi connectivity index (χ4v) is 0.768. The molecule has 1 aromatic heterocycles. The van der Waals surface area contributed by atoms with Crippen LogP contribution in [0, 0.1) is 10.1 Å². The van der Waals surface area contributed by atoms with Crippen LogP contribution in [-0.4, -0.2) is 25.6 Å². The Hall–Kier alpha value is -1.92. The van der Waals surface area contributed by atoms with E-state index >= 15 is 0 Å². The van der Waals surface area contributed by atoms with E-state index in [1.165, 1.54) is 7.05 Å². The Bertz CT molecular complexity index is 313. The highest BCUT2D eigenvalue weighted by Crippen LogP contribution is 2.09. The van der Waals surface area contributed by atoms with Crippen LogP contribution in [0.5, 0.6) is 0 Å². The fraction of sp³-hybridized carbons (Fsp3) is 0.429.